The number of unbranched alkanes of at least 4 members (excludes halogenated alkanes) is 3. The third-order valence-corrected chi connectivity index (χ3v) is 3.92. The molecule has 1 aliphatic heterocycles. The largest absolute Gasteiger partial charge is 0.450 e. The van der Waals surface area contributed by atoms with E-state index in [1.807, 2.05) is 6.08 Å². The van der Waals surface area contributed by atoms with E-state index >= 15 is 0 Å². The Labute approximate surface area is 129 Å². The predicted molar refractivity (Wildman–Crippen MR) is 85.1 cm³/mol. The van der Waals surface area contributed by atoms with Crippen LogP contribution in [0.2, 0.25) is 0 Å². The van der Waals surface area contributed by atoms with Gasteiger partial charge in [-0.2, -0.15) is 0 Å². The number of hydrogen-bond donors (Lipinski definition) is 0. The van der Waals surface area contributed by atoms with Gasteiger partial charge in [0, 0.05) is 12.8 Å². The van der Waals surface area contributed by atoms with Crippen LogP contribution in [0.1, 0.15) is 84.0 Å². The first-order chi connectivity index (χ1) is 10.2. The smallest absolute Gasteiger partial charge is 0.306 e. The van der Waals surface area contributed by atoms with Crippen LogP contribution in [0.5, 0.6) is 0 Å². The molecule has 1 heterocycles. The number of ketones is 1. The molecule has 3 nitrogen and oxygen atoms in total. The Morgan fingerprint density at radius 3 is 2.71 bits per heavy atom. The summed E-state index contributed by atoms with van der Waals surface area (Å²) in [7, 11) is 0. The highest BCUT2D eigenvalue weighted by Gasteiger charge is 2.19. The van der Waals surface area contributed by atoms with Crippen LogP contribution in [0.3, 0.4) is 0 Å². The second kappa shape index (κ2) is 11.5. The Balaban J connectivity index is 2.49. The van der Waals surface area contributed by atoms with Gasteiger partial charge in [-0.15, -0.1) is 0 Å². The lowest BCUT2D eigenvalue weighted by molar-refractivity contribution is -0.152. The molecular weight excluding hydrogens is 264 g/mol. The zero-order valence-corrected chi connectivity index (χ0v) is 13.4. The van der Waals surface area contributed by atoms with Crippen molar-refractivity contribution in [1.29, 1.82) is 0 Å². The minimum atomic E-state index is -0.654. The van der Waals surface area contributed by atoms with E-state index in [9.17, 15) is 9.59 Å². The van der Waals surface area contributed by atoms with E-state index in [-0.39, 0.29) is 11.8 Å². The maximum absolute atomic E-state index is 12.2. The maximum atomic E-state index is 12.2. The van der Waals surface area contributed by atoms with Crippen LogP contribution in [-0.2, 0) is 14.3 Å². The van der Waals surface area contributed by atoms with Gasteiger partial charge in [-0.25, -0.2) is 0 Å². The molecule has 21 heavy (non-hydrogen) atoms. The number of rotatable bonds is 6. The van der Waals surface area contributed by atoms with E-state index < -0.39 is 6.10 Å². The summed E-state index contributed by atoms with van der Waals surface area (Å²) in [6.07, 6.45) is 14.9. The monoisotopic (exact) mass is 294 g/mol. The number of carbonyl (C=O) groups excluding carboxylic acids is 2. The van der Waals surface area contributed by atoms with Crippen LogP contribution < -0.4 is 0 Å². The Morgan fingerprint density at radius 1 is 1.14 bits per heavy atom. The van der Waals surface area contributed by atoms with Gasteiger partial charge >= 0.3 is 5.97 Å². The molecule has 0 aromatic heterocycles. The summed E-state index contributed by atoms with van der Waals surface area (Å²) in [6, 6.07) is 0. The van der Waals surface area contributed by atoms with Crippen molar-refractivity contribution < 1.29 is 14.3 Å². The zero-order chi connectivity index (χ0) is 15.3. The minimum Gasteiger partial charge on any atom is -0.450 e. The van der Waals surface area contributed by atoms with E-state index in [0.717, 1.165) is 51.4 Å². The van der Waals surface area contributed by atoms with Gasteiger partial charge in [-0.3, -0.25) is 9.59 Å². The third kappa shape index (κ3) is 8.69. The van der Waals surface area contributed by atoms with E-state index in [1.165, 1.54) is 12.8 Å². The first-order valence-electron chi connectivity index (χ1n) is 8.63. The zero-order valence-electron chi connectivity index (χ0n) is 13.4. The van der Waals surface area contributed by atoms with Gasteiger partial charge in [-0.1, -0.05) is 51.5 Å². The van der Waals surface area contributed by atoms with Crippen molar-refractivity contribution in [2.45, 2.75) is 90.1 Å². The highest BCUT2D eigenvalue weighted by Crippen LogP contribution is 2.13. The molecule has 0 spiro atoms. The molecule has 0 aliphatic carbocycles. The number of allylic oxidation sites excluding steroid dienone is 1. The van der Waals surface area contributed by atoms with Gasteiger partial charge in [0.25, 0.3) is 0 Å². The number of carbonyl (C=O) groups is 2. The third-order valence-electron chi connectivity index (χ3n) is 3.92. The first-order valence-corrected chi connectivity index (χ1v) is 8.63. The molecule has 120 valence electrons. The molecule has 0 bridgehead atoms. The fourth-order valence-corrected chi connectivity index (χ4v) is 2.56. The van der Waals surface area contributed by atoms with Crippen molar-refractivity contribution in [3.05, 3.63) is 12.2 Å². The second-order valence-electron chi connectivity index (χ2n) is 5.92. The van der Waals surface area contributed by atoms with Gasteiger partial charge in [0.15, 0.2) is 11.9 Å². The summed E-state index contributed by atoms with van der Waals surface area (Å²) < 4.78 is 5.37. The van der Waals surface area contributed by atoms with Gasteiger partial charge in [0.2, 0.25) is 0 Å². The SMILES string of the molecule is CCCCCCC(=O)C1/C=C\CCCCCCCC(=O)O1. The van der Waals surface area contributed by atoms with Crippen molar-refractivity contribution in [2.75, 3.05) is 0 Å². The predicted octanol–water partition coefficient (Wildman–Crippen LogP) is 4.74. The molecule has 0 amide bonds. The quantitative estimate of drug-likeness (QED) is 0.404. The van der Waals surface area contributed by atoms with Crippen molar-refractivity contribution in [3.8, 4) is 0 Å². The molecule has 0 aromatic rings. The molecule has 1 aliphatic rings. The number of hydrogen-bond acceptors (Lipinski definition) is 3. The fourth-order valence-electron chi connectivity index (χ4n) is 2.56. The molecule has 0 radical (unpaired) electrons. The average Bonchev–Trinajstić information content (AvgIpc) is 2.46. The molecule has 0 fully saturated rings. The molecule has 1 rings (SSSR count). The minimum absolute atomic E-state index is 0.0489. The van der Waals surface area contributed by atoms with E-state index in [1.54, 1.807) is 6.08 Å². The molecule has 0 saturated carbocycles. The van der Waals surface area contributed by atoms with Gasteiger partial charge < -0.3 is 4.74 Å². The van der Waals surface area contributed by atoms with E-state index in [0.29, 0.717) is 12.8 Å². The number of esters is 1. The molecule has 0 aromatic carbocycles. The van der Waals surface area contributed by atoms with Crippen molar-refractivity contribution in [3.63, 3.8) is 0 Å². The summed E-state index contributed by atoms with van der Waals surface area (Å²) in [4.78, 5) is 24.0. The molecule has 1 atom stereocenters. The first kappa shape index (κ1) is 17.9. The van der Waals surface area contributed by atoms with Gasteiger partial charge in [0.1, 0.15) is 0 Å². The van der Waals surface area contributed by atoms with Crippen LogP contribution in [-0.4, -0.2) is 17.9 Å². The second-order valence-corrected chi connectivity index (χ2v) is 5.92. The number of ether oxygens (including phenoxy) is 1. The summed E-state index contributed by atoms with van der Waals surface area (Å²) in [5.74, 6) is -0.181. The highest BCUT2D eigenvalue weighted by molar-refractivity contribution is 5.87. The Hall–Kier alpha value is -1.12. The van der Waals surface area contributed by atoms with E-state index in [2.05, 4.69) is 6.92 Å². The molecular formula is C18H30O3. The molecule has 0 saturated heterocycles. The lowest BCUT2D eigenvalue weighted by Crippen LogP contribution is -2.25. The van der Waals surface area contributed by atoms with Crippen LogP contribution in [0.15, 0.2) is 12.2 Å². The topological polar surface area (TPSA) is 43.4 Å². The number of cyclic esters (lactones) is 1. The van der Waals surface area contributed by atoms with Crippen LogP contribution in [0, 0.1) is 0 Å². The van der Waals surface area contributed by atoms with Crippen LogP contribution in [0.25, 0.3) is 0 Å². The summed E-state index contributed by atoms with van der Waals surface area (Å²) >= 11 is 0. The Kier molecular flexibility index (Phi) is 9.84. The average molecular weight is 294 g/mol. The summed E-state index contributed by atoms with van der Waals surface area (Å²) in [5.41, 5.74) is 0. The van der Waals surface area contributed by atoms with Crippen LogP contribution >= 0.6 is 0 Å². The normalized spacial score (nSPS) is 22.7. The lowest BCUT2D eigenvalue weighted by Gasteiger charge is -2.14. The molecule has 1 unspecified atom stereocenters. The summed E-state index contributed by atoms with van der Waals surface area (Å²) in [6.45, 7) is 2.15. The summed E-state index contributed by atoms with van der Waals surface area (Å²) in [5, 5.41) is 0. The van der Waals surface area contributed by atoms with Crippen molar-refractivity contribution in [1.82, 2.24) is 0 Å². The van der Waals surface area contributed by atoms with E-state index in [4.69, 9.17) is 4.74 Å². The van der Waals surface area contributed by atoms with Crippen molar-refractivity contribution in [2.24, 2.45) is 0 Å². The number of Topliss-reactive ketones (excluding diaryl/α,β-unsaturated/α-hetero) is 1. The van der Waals surface area contributed by atoms with Crippen molar-refractivity contribution >= 4 is 11.8 Å². The van der Waals surface area contributed by atoms with Gasteiger partial charge in [0.05, 0.1) is 0 Å². The Bertz CT molecular complexity index is 333. The molecule has 3 heteroatoms. The fraction of sp³-hybridized carbons (Fsp3) is 0.778. The molecule has 0 N–H and O–H groups in total. The van der Waals surface area contributed by atoms with Crippen LogP contribution in [0.4, 0.5) is 0 Å². The maximum Gasteiger partial charge on any atom is 0.306 e. The highest BCUT2D eigenvalue weighted by atomic mass is 16.5. The van der Waals surface area contributed by atoms with Gasteiger partial charge in [-0.05, 0) is 31.8 Å². The lowest BCUT2D eigenvalue weighted by atomic mass is 10.0. The Morgan fingerprint density at radius 2 is 1.90 bits per heavy atom. The standard InChI is InChI=1S/C18H30O3/c1-2-3-4-10-13-16(19)17-14-11-8-6-5-7-9-12-15-18(20)21-17/h11,14,17H,2-10,12-13,15H2,1H3/b14-11-.